The van der Waals surface area contributed by atoms with Gasteiger partial charge in [-0.3, -0.25) is 0 Å². The fraction of sp³-hybridized carbons (Fsp3) is 1.00. The minimum Gasteiger partial charge on any atom is -0.381 e. The summed E-state index contributed by atoms with van der Waals surface area (Å²) in [5.41, 5.74) is 0.439. The Morgan fingerprint density at radius 1 is 1.11 bits per heavy atom. The summed E-state index contributed by atoms with van der Waals surface area (Å²) < 4.78 is 5.57. The molecule has 3 nitrogen and oxygen atoms in total. The number of rotatable bonds is 5. The molecule has 0 aromatic rings. The highest BCUT2D eigenvalue weighted by Gasteiger charge is 2.34. The van der Waals surface area contributed by atoms with Crippen LogP contribution in [0.4, 0.5) is 0 Å². The summed E-state index contributed by atoms with van der Waals surface area (Å²) in [6.07, 6.45) is 11.0. The van der Waals surface area contributed by atoms with Crippen molar-refractivity contribution in [2.24, 2.45) is 5.41 Å². The Labute approximate surface area is 119 Å². The van der Waals surface area contributed by atoms with Gasteiger partial charge in [0, 0.05) is 32.3 Å². The van der Waals surface area contributed by atoms with Crippen LogP contribution >= 0.6 is 0 Å². The average molecular weight is 268 g/mol. The van der Waals surface area contributed by atoms with Crippen molar-refractivity contribution in [3.05, 3.63) is 0 Å². The number of ether oxygens (including phenoxy) is 1. The lowest BCUT2D eigenvalue weighted by Gasteiger charge is -2.42. The summed E-state index contributed by atoms with van der Waals surface area (Å²) >= 11 is 0. The first-order valence-electron chi connectivity index (χ1n) is 8.18. The zero-order valence-electron chi connectivity index (χ0n) is 12.9. The Morgan fingerprint density at radius 2 is 1.74 bits per heavy atom. The lowest BCUT2D eigenvalue weighted by atomic mass is 9.79. The molecule has 1 aliphatic heterocycles. The van der Waals surface area contributed by atoms with Gasteiger partial charge in [0.15, 0.2) is 0 Å². The molecule has 0 radical (unpaired) electrons. The maximum atomic E-state index is 5.57. The van der Waals surface area contributed by atoms with Gasteiger partial charge in [-0.1, -0.05) is 25.7 Å². The van der Waals surface area contributed by atoms with E-state index in [1.807, 2.05) is 0 Å². The van der Waals surface area contributed by atoms with E-state index in [0.717, 1.165) is 25.8 Å². The molecular formula is C16H32N2O. The summed E-state index contributed by atoms with van der Waals surface area (Å²) in [7, 11) is 4.44. The van der Waals surface area contributed by atoms with Crippen LogP contribution in [0.15, 0.2) is 0 Å². The number of nitrogens with one attached hydrogen (secondary N) is 1. The van der Waals surface area contributed by atoms with E-state index in [0.29, 0.717) is 5.41 Å². The highest BCUT2D eigenvalue weighted by molar-refractivity contribution is 4.88. The molecular weight excluding hydrogens is 236 g/mol. The van der Waals surface area contributed by atoms with Crippen molar-refractivity contribution in [3.8, 4) is 0 Å². The second-order valence-corrected chi connectivity index (χ2v) is 6.70. The van der Waals surface area contributed by atoms with Gasteiger partial charge in [0.25, 0.3) is 0 Å². The van der Waals surface area contributed by atoms with Gasteiger partial charge in [-0.05, 0) is 45.2 Å². The lowest BCUT2D eigenvalue weighted by Crippen LogP contribution is -2.48. The number of nitrogens with zero attached hydrogens (tertiary/aromatic N) is 1. The molecule has 0 amide bonds. The molecule has 2 fully saturated rings. The van der Waals surface area contributed by atoms with Gasteiger partial charge in [0.1, 0.15) is 0 Å². The molecule has 0 unspecified atom stereocenters. The van der Waals surface area contributed by atoms with Crippen molar-refractivity contribution < 1.29 is 4.74 Å². The first-order chi connectivity index (χ1) is 9.26. The van der Waals surface area contributed by atoms with E-state index in [9.17, 15) is 0 Å². The van der Waals surface area contributed by atoms with E-state index in [1.165, 1.54) is 57.9 Å². The predicted octanol–water partition coefficient (Wildman–Crippen LogP) is 2.66. The second kappa shape index (κ2) is 7.61. The van der Waals surface area contributed by atoms with Gasteiger partial charge in [-0.2, -0.15) is 0 Å². The third kappa shape index (κ3) is 4.44. The molecule has 0 atom stereocenters. The minimum atomic E-state index is 0.439. The van der Waals surface area contributed by atoms with Crippen LogP contribution in [-0.4, -0.2) is 51.3 Å². The summed E-state index contributed by atoms with van der Waals surface area (Å²) in [5.74, 6) is 0. The van der Waals surface area contributed by atoms with Crippen molar-refractivity contribution in [1.29, 1.82) is 0 Å². The van der Waals surface area contributed by atoms with E-state index in [2.05, 4.69) is 24.3 Å². The Kier molecular flexibility index (Phi) is 6.11. The van der Waals surface area contributed by atoms with Gasteiger partial charge < -0.3 is 15.0 Å². The van der Waals surface area contributed by atoms with Crippen LogP contribution in [-0.2, 0) is 4.74 Å². The van der Waals surface area contributed by atoms with Gasteiger partial charge >= 0.3 is 0 Å². The largest absolute Gasteiger partial charge is 0.381 e. The first kappa shape index (κ1) is 15.3. The van der Waals surface area contributed by atoms with Crippen molar-refractivity contribution in [2.45, 2.75) is 57.4 Å². The maximum absolute atomic E-state index is 5.57. The van der Waals surface area contributed by atoms with E-state index in [1.54, 1.807) is 0 Å². The van der Waals surface area contributed by atoms with Crippen LogP contribution in [0, 0.1) is 5.41 Å². The highest BCUT2D eigenvalue weighted by Crippen LogP contribution is 2.32. The molecule has 1 saturated heterocycles. The van der Waals surface area contributed by atoms with Crippen molar-refractivity contribution in [2.75, 3.05) is 40.4 Å². The normalized spacial score (nSPS) is 25.4. The van der Waals surface area contributed by atoms with Gasteiger partial charge in [-0.25, -0.2) is 0 Å². The second-order valence-electron chi connectivity index (χ2n) is 6.70. The molecule has 0 aromatic heterocycles. The predicted molar refractivity (Wildman–Crippen MR) is 80.5 cm³/mol. The summed E-state index contributed by atoms with van der Waals surface area (Å²) in [5, 5.41) is 3.42. The molecule has 1 saturated carbocycles. The topological polar surface area (TPSA) is 24.5 Å². The number of hydrogen-bond donors (Lipinski definition) is 1. The zero-order chi connectivity index (χ0) is 13.6. The van der Waals surface area contributed by atoms with Crippen molar-refractivity contribution in [1.82, 2.24) is 10.2 Å². The minimum absolute atomic E-state index is 0.439. The molecule has 3 heteroatoms. The van der Waals surface area contributed by atoms with E-state index >= 15 is 0 Å². The standard InChI is InChI=1S/C16H32N2O/c1-17-13-16(9-11-19-12-10-16)14-18(2)15-7-5-3-4-6-8-15/h15,17H,3-14H2,1-2H3. The maximum Gasteiger partial charge on any atom is 0.0472 e. The Morgan fingerprint density at radius 3 is 2.32 bits per heavy atom. The third-order valence-electron chi connectivity index (χ3n) is 5.14. The highest BCUT2D eigenvalue weighted by atomic mass is 16.5. The van der Waals surface area contributed by atoms with Crippen LogP contribution in [0.3, 0.4) is 0 Å². The van der Waals surface area contributed by atoms with Gasteiger partial charge in [0.05, 0.1) is 0 Å². The Hall–Kier alpha value is -0.120. The Bertz CT molecular complexity index is 238. The molecule has 0 bridgehead atoms. The molecule has 1 aliphatic carbocycles. The molecule has 112 valence electrons. The monoisotopic (exact) mass is 268 g/mol. The molecule has 0 spiro atoms. The lowest BCUT2D eigenvalue weighted by molar-refractivity contribution is -0.00686. The summed E-state index contributed by atoms with van der Waals surface area (Å²) in [6, 6.07) is 0.819. The SMILES string of the molecule is CNCC1(CN(C)C2CCCCCC2)CCOCC1. The number of hydrogen-bond acceptors (Lipinski definition) is 3. The zero-order valence-corrected chi connectivity index (χ0v) is 12.9. The molecule has 1 heterocycles. The third-order valence-corrected chi connectivity index (χ3v) is 5.14. The molecule has 2 aliphatic rings. The van der Waals surface area contributed by atoms with Crippen molar-refractivity contribution >= 4 is 0 Å². The van der Waals surface area contributed by atoms with E-state index in [4.69, 9.17) is 4.74 Å². The molecule has 1 N–H and O–H groups in total. The van der Waals surface area contributed by atoms with Crippen LogP contribution in [0.1, 0.15) is 51.4 Å². The smallest absolute Gasteiger partial charge is 0.0472 e. The molecule has 19 heavy (non-hydrogen) atoms. The fourth-order valence-corrected chi connectivity index (χ4v) is 3.93. The summed E-state index contributed by atoms with van der Waals surface area (Å²) in [4.78, 5) is 2.66. The summed E-state index contributed by atoms with van der Waals surface area (Å²) in [6.45, 7) is 4.26. The molecule has 0 aromatic carbocycles. The van der Waals surface area contributed by atoms with Gasteiger partial charge in [-0.15, -0.1) is 0 Å². The van der Waals surface area contributed by atoms with Crippen molar-refractivity contribution in [3.63, 3.8) is 0 Å². The van der Waals surface area contributed by atoms with Crippen LogP contribution in [0.5, 0.6) is 0 Å². The van der Waals surface area contributed by atoms with Crippen LogP contribution < -0.4 is 5.32 Å². The quantitative estimate of drug-likeness (QED) is 0.776. The van der Waals surface area contributed by atoms with Crippen LogP contribution in [0.2, 0.25) is 0 Å². The van der Waals surface area contributed by atoms with E-state index < -0.39 is 0 Å². The molecule has 2 rings (SSSR count). The van der Waals surface area contributed by atoms with Crippen LogP contribution in [0.25, 0.3) is 0 Å². The fourth-order valence-electron chi connectivity index (χ4n) is 3.93. The van der Waals surface area contributed by atoms with E-state index in [-0.39, 0.29) is 0 Å². The average Bonchev–Trinajstić information content (AvgIpc) is 2.69. The Balaban J connectivity index is 1.91. The first-order valence-corrected chi connectivity index (χ1v) is 8.18. The van der Waals surface area contributed by atoms with Gasteiger partial charge in [0.2, 0.25) is 0 Å².